The van der Waals surface area contributed by atoms with Crippen LogP contribution < -0.4 is 10.5 Å². The molecule has 19 heavy (non-hydrogen) atoms. The number of rotatable bonds is 3. The maximum Gasteiger partial charge on any atom is 0.251 e. The third-order valence-corrected chi connectivity index (χ3v) is 4.60. The Hall–Kier alpha value is -1.11. The molecule has 3 N–H and O–H groups in total. The molecule has 1 aromatic rings. The second kappa shape index (κ2) is 4.77. The Balaban J connectivity index is 2.38. The van der Waals surface area contributed by atoms with Gasteiger partial charge in [0.25, 0.3) is 5.91 Å². The molecule has 2 atom stereocenters. The molecule has 1 amide bonds. The highest BCUT2D eigenvalue weighted by molar-refractivity contribution is 7.89. The first-order valence-corrected chi connectivity index (χ1v) is 7.76. The fourth-order valence-electron chi connectivity index (χ4n) is 1.82. The lowest BCUT2D eigenvalue weighted by Gasteiger charge is -2.10. The first kappa shape index (κ1) is 14.3. The molecule has 1 aliphatic carbocycles. The summed E-state index contributed by atoms with van der Waals surface area (Å²) >= 11 is 5.95. The predicted octanol–water partition coefficient (Wildman–Crippen LogP) is 1.43. The molecule has 104 valence electrons. The largest absolute Gasteiger partial charge is 0.349 e. The Morgan fingerprint density at radius 2 is 2.05 bits per heavy atom. The van der Waals surface area contributed by atoms with E-state index < -0.39 is 10.0 Å². The van der Waals surface area contributed by atoms with Crippen molar-refractivity contribution in [2.75, 3.05) is 0 Å². The Labute approximate surface area is 117 Å². The molecule has 1 saturated carbocycles. The summed E-state index contributed by atoms with van der Waals surface area (Å²) in [6.45, 7) is 3.70. The molecule has 0 aliphatic heterocycles. The highest BCUT2D eigenvalue weighted by Gasteiger charge is 2.34. The fraction of sp³-hybridized carbons (Fsp3) is 0.417. The number of nitrogens with one attached hydrogen (secondary N) is 1. The minimum atomic E-state index is -3.89. The van der Waals surface area contributed by atoms with Crippen LogP contribution in [0, 0.1) is 12.8 Å². The third kappa shape index (κ3) is 3.08. The van der Waals surface area contributed by atoms with E-state index in [0.29, 0.717) is 11.5 Å². The number of nitrogens with two attached hydrogens (primary N) is 1. The van der Waals surface area contributed by atoms with Crippen LogP contribution in [0.4, 0.5) is 0 Å². The molecule has 5 nitrogen and oxygen atoms in total. The fourth-order valence-corrected chi connectivity index (χ4v) is 2.67. The number of sulfonamides is 1. The second-order valence-electron chi connectivity index (χ2n) is 4.92. The van der Waals surface area contributed by atoms with Gasteiger partial charge >= 0.3 is 0 Å². The van der Waals surface area contributed by atoms with E-state index in [0.717, 1.165) is 6.42 Å². The van der Waals surface area contributed by atoms with Crippen molar-refractivity contribution in [1.29, 1.82) is 0 Å². The zero-order valence-corrected chi connectivity index (χ0v) is 12.2. The first-order valence-electron chi connectivity index (χ1n) is 5.84. The number of hydrogen-bond acceptors (Lipinski definition) is 3. The zero-order chi connectivity index (χ0) is 14.4. The summed E-state index contributed by atoms with van der Waals surface area (Å²) in [5.74, 6) is 0.139. The van der Waals surface area contributed by atoms with Crippen molar-refractivity contribution in [3.05, 3.63) is 28.3 Å². The SMILES string of the molecule is Cc1c(Cl)cc(S(N)(=O)=O)cc1C(=O)NC1CC1C. The van der Waals surface area contributed by atoms with Gasteiger partial charge in [0, 0.05) is 16.6 Å². The third-order valence-electron chi connectivity index (χ3n) is 3.32. The normalized spacial score (nSPS) is 22.1. The van der Waals surface area contributed by atoms with Crippen molar-refractivity contribution < 1.29 is 13.2 Å². The number of halogens is 1. The molecule has 7 heteroatoms. The molecular formula is C12H15ClN2O3S. The van der Waals surface area contributed by atoms with Crippen LogP contribution >= 0.6 is 11.6 Å². The number of amides is 1. The highest BCUT2D eigenvalue weighted by atomic mass is 35.5. The van der Waals surface area contributed by atoms with E-state index in [2.05, 4.69) is 5.32 Å². The molecule has 0 heterocycles. The topological polar surface area (TPSA) is 89.3 Å². The molecule has 2 unspecified atom stereocenters. The van der Waals surface area contributed by atoms with Crippen LogP contribution in [0.1, 0.15) is 29.3 Å². The van der Waals surface area contributed by atoms with Gasteiger partial charge in [-0.1, -0.05) is 18.5 Å². The summed E-state index contributed by atoms with van der Waals surface area (Å²) in [6, 6.07) is 2.67. The standard InChI is InChI=1S/C12H15ClN2O3S/c1-6-3-11(6)15-12(16)9-4-8(19(14,17)18)5-10(13)7(9)2/h4-6,11H,3H2,1-2H3,(H,15,16)(H2,14,17,18). The van der Waals surface area contributed by atoms with Crippen molar-refractivity contribution in [3.63, 3.8) is 0 Å². The Morgan fingerprint density at radius 3 is 2.53 bits per heavy atom. The smallest absolute Gasteiger partial charge is 0.251 e. The van der Waals surface area contributed by atoms with Crippen molar-refractivity contribution >= 4 is 27.5 Å². The van der Waals surface area contributed by atoms with E-state index >= 15 is 0 Å². The molecule has 1 fully saturated rings. The molecule has 0 bridgehead atoms. The number of carbonyl (C=O) groups excluding carboxylic acids is 1. The maximum atomic E-state index is 12.1. The van der Waals surface area contributed by atoms with E-state index in [-0.39, 0.29) is 27.4 Å². The highest BCUT2D eigenvalue weighted by Crippen LogP contribution is 2.30. The molecule has 0 saturated heterocycles. The number of hydrogen-bond donors (Lipinski definition) is 2. The van der Waals surface area contributed by atoms with Gasteiger partial charge in [-0.2, -0.15) is 0 Å². The molecule has 1 aliphatic rings. The van der Waals surface area contributed by atoms with Crippen molar-refractivity contribution in [2.45, 2.75) is 31.2 Å². The second-order valence-corrected chi connectivity index (χ2v) is 6.88. The number of benzene rings is 1. The monoisotopic (exact) mass is 302 g/mol. The summed E-state index contributed by atoms with van der Waals surface area (Å²) in [4.78, 5) is 11.9. The summed E-state index contributed by atoms with van der Waals surface area (Å²) in [6.07, 6.45) is 0.938. The van der Waals surface area contributed by atoms with Crippen LogP contribution in [-0.2, 0) is 10.0 Å². The van der Waals surface area contributed by atoms with E-state index in [1.807, 2.05) is 6.92 Å². The predicted molar refractivity (Wildman–Crippen MR) is 72.6 cm³/mol. The number of primary sulfonamides is 1. The van der Waals surface area contributed by atoms with E-state index in [1.165, 1.54) is 12.1 Å². The Kier molecular flexibility index (Phi) is 3.59. The summed E-state index contributed by atoms with van der Waals surface area (Å²) in [5, 5.41) is 8.10. The summed E-state index contributed by atoms with van der Waals surface area (Å²) < 4.78 is 22.7. The summed E-state index contributed by atoms with van der Waals surface area (Å²) in [5.41, 5.74) is 0.787. The zero-order valence-electron chi connectivity index (χ0n) is 10.6. The van der Waals surface area contributed by atoms with Crippen molar-refractivity contribution in [1.82, 2.24) is 5.32 Å². The van der Waals surface area contributed by atoms with Crippen LogP contribution in [0.2, 0.25) is 5.02 Å². The maximum absolute atomic E-state index is 12.1. The molecule has 1 aromatic carbocycles. The van der Waals surface area contributed by atoms with Gasteiger partial charge in [0.05, 0.1) is 4.90 Å². The van der Waals surface area contributed by atoms with Gasteiger partial charge in [-0.3, -0.25) is 4.79 Å². The van der Waals surface area contributed by atoms with Gasteiger partial charge in [0.2, 0.25) is 10.0 Å². The van der Waals surface area contributed by atoms with Crippen LogP contribution in [0.25, 0.3) is 0 Å². The van der Waals surface area contributed by atoms with Crippen LogP contribution in [-0.4, -0.2) is 20.4 Å². The average Bonchev–Trinajstić information content (AvgIpc) is 2.96. The van der Waals surface area contributed by atoms with Crippen molar-refractivity contribution in [3.8, 4) is 0 Å². The van der Waals surface area contributed by atoms with Gasteiger partial charge in [-0.05, 0) is 37.0 Å². The molecule has 0 spiro atoms. The van der Waals surface area contributed by atoms with Crippen LogP contribution in [0.3, 0.4) is 0 Å². The Morgan fingerprint density at radius 1 is 1.47 bits per heavy atom. The van der Waals surface area contributed by atoms with Crippen molar-refractivity contribution in [2.24, 2.45) is 11.1 Å². The van der Waals surface area contributed by atoms with E-state index in [9.17, 15) is 13.2 Å². The quantitative estimate of drug-likeness (QED) is 0.885. The van der Waals surface area contributed by atoms with Crippen LogP contribution in [0.5, 0.6) is 0 Å². The van der Waals surface area contributed by atoms with Crippen LogP contribution in [0.15, 0.2) is 17.0 Å². The minimum Gasteiger partial charge on any atom is -0.349 e. The van der Waals surface area contributed by atoms with Gasteiger partial charge in [-0.15, -0.1) is 0 Å². The molecule has 2 rings (SSSR count). The number of carbonyl (C=O) groups is 1. The first-order chi connectivity index (χ1) is 8.70. The minimum absolute atomic E-state index is 0.155. The molecule has 0 radical (unpaired) electrons. The van der Waals surface area contributed by atoms with Gasteiger partial charge in [0.1, 0.15) is 0 Å². The van der Waals surface area contributed by atoms with E-state index in [4.69, 9.17) is 16.7 Å². The van der Waals surface area contributed by atoms with E-state index in [1.54, 1.807) is 6.92 Å². The molecular weight excluding hydrogens is 288 g/mol. The lowest BCUT2D eigenvalue weighted by atomic mass is 10.1. The van der Waals surface area contributed by atoms with Gasteiger partial charge < -0.3 is 5.32 Å². The average molecular weight is 303 g/mol. The Bertz CT molecular complexity index is 643. The lowest BCUT2D eigenvalue weighted by Crippen LogP contribution is -2.27. The summed E-state index contributed by atoms with van der Waals surface area (Å²) in [7, 11) is -3.89. The van der Waals surface area contributed by atoms with Gasteiger partial charge in [0.15, 0.2) is 0 Å². The van der Waals surface area contributed by atoms with Gasteiger partial charge in [-0.25, -0.2) is 13.6 Å². The lowest BCUT2D eigenvalue weighted by molar-refractivity contribution is 0.0948. The molecule has 0 aromatic heterocycles.